The third kappa shape index (κ3) is 1.12. The first-order valence-corrected chi connectivity index (χ1v) is 5.14. The van der Waals surface area contributed by atoms with Crippen LogP contribution in [0.2, 0.25) is 0 Å². The highest BCUT2D eigenvalue weighted by Crippen LogP contribution is 2.24. The van der Waals surface area contributed by atoms with Gasteiger partial charge in [-0.25, -0.2) is 4.98 Å². The Morgan fingerprint density at radius 3 is 3.07 bits per heavy atom. The topological polar surface area (TPSA) is 41.6 Å². The third-order valence-corrected chi connectivity index (χ3v) is 2.93. The van der Waals surface area contributed by atoms with E-state index in [0.717, 1.165) is 16.8 Å². The van der Waals surface area contributed by atoms with Crippen molar-refractivity contribution in [2.75, 3.05) is 0 Å². The predicted molar refractivity (Wildman–Crippen MR) is 57.2 cm³/mol. The average Bonchev–Trinajstić information content (AvgIpc) is 2.88. The number of hydrogen-bond acceptors (Lipinski definition) is 3. The molecule has 0 aliphatic heterocycles. The Hall–Kier alpha value is -1.68. The summed E-state index contributed by atoms with van der Waals surface area (Å²) < 4.78 is 1.21. The lowest BCUT2D eigenvalue weighted by Crippen LogP contribution is -1.77. The Labute approximate surface area is 84.4 Å². The van der Waals surface area contributed by atoms with Crippen molar-refractivity contribution in [2.45, 2.75) is 0 Å². The highest BCUT2D eigenvalue weighted by molar-refractivity contribution is 7.16. The van der Waals surface area contributed by atoms with Gasteiger partial charge < -0.3 is 0 Å². The van der Waals surface area contributed by atoms with Crippen LogP contribution < -0.4 is 0 Å². The van der Waals surface area contributed by atoms with Crippen LogP contribution in [0.4, 0.5) is 0 Å². The first kappa shape index (κ1) is 7.70. The lowest BCUT2D eigenvalue weighted by molar-refractivity contribution is 1.10. The molecule has 0 bridgehead atoms. The molecule has 0 atom stereocenters. The van der Waals surface area contributed by atoms with E-state index in [1.165, 1.54) is 4.70 Å². The number of nitrogens with one attached hydrogen (secondary N) is 1. The molecule has 0 aliphatic carbocycles. The second-order valence-electron chi connectivity index (χ2n) is 3.01. The molecule has 0 aliphatic rings. The van der Waals surface area contributed by atoms with Crippen LogP contribution in [-0.2, 0) is 0 Å². The molecule has 2 aromatic heterocycles. The maximum Gasteiger partial charge on any atom is 0.0812 e. The van der Waals surface area contributed by atoms with E-state index in [-0.39, 0.29) is 0 Å². The van der Waals surface area contributed by atoms with Crippen molar-refractivity contribution in [3.8, 4) is 11.3 Å². The fourth-order valence-corrected chi connectivity index (χ4v) is 2.16. The van der Waals surface area contributed by atoms with Crippen molar-refractivity contribution >= 4 is 21.6 Å². The molecule has 0 radical (unpaired) electrons. The van der Waals surface area contributed by atoms with Crippen molar-refractivity contribution in [3.63, 3.8) is 0 Å². The van der Waals surface area contributed by atoms with Gasteiger partial charge in [0.15, 0.2) is 0 Å². The van der Waals surface area contributed by atoms with E-state index in [4.69, 9.17) is 0 Å². The Morgan fingerprint density at radius 1 is 1.21 bits per heavy atom. The van der Waals surface area contributed by atoms with Crippen LogP contribution in [0.3, 0.4) is 0 Å². The molecule has 3 aromatic rings. The molecule has 0 spiro atoms. The van der Waals surface area contributed by atoms with Crippen LogP contribution in [0, 0.1) is 0 Å². The summed E-state index contributed by atoms with van der Waals surface area (Å²) in [4.78, 5) is 4.23. The molecule has 0 unspecified atom stereocenters. The lowest BCUT2D eigenvalue weighted by Gasteiger charge is -1.95. The molecule has 3 nitrogen and oxygen atoms in total. The SMILES string of the molecule is c1cc(-c2ccc3ncsc3c2)[nH]n1. The largest absolute Gasteiger partial charge is 0.278 e. The van der Waals surface area contributed by atoms with Gasteiger partial charge in [0.1, 0.15) is 0 Å². The van der Waals surface area contributed by atoms with Gasteiger partial charge in [-0.1, -0.05) is 6.07 Å². The van der Waals surface area contributed by atoms with Crippen LogP contribution in [0.5, 0.6) is 0 Å². The van der Waals surface area contributed by atoms with Gasteiger partial charge in [-0.3, -0.25) is 5.10 Å². The monoisotopic (exact) mass is 201 g/mol. The Morgan fingerprint density at radius 2 is 2.21 bits per heavy atom. The number of benzene rings is 1. The second kappa shape index (κ2) is 2.92. The van der Waals surface area contributed by atoms with Crippen LogP contribution >= 0.6 is 11.3 Å². The summed E-state index contributed by atoms with van der Waals surface area (Å²) in [5.74, 6) is 0. The standard InChI is InChI=1S/C10H7N3S/c1-2-9-10(14-6-11-9)5-7(1)8-3-4-12-13-8/h1-6H,(H,12,13). The van der Waals surface area contributed by atoms with Crippen LogP contribution in [0.15, 0.2) is 36.0 Å². The van der Waals surface area contributed by atoms with E-state index < -0.39 is 0 Å². The van der Waals surface area contributed by atoms with Gasteiger partial charge in [0.25, 0.3) is 0 Å². The van der Waals surface area contributed by atoms with E-state index in [1.54, 1.807) is 17.5 Å². The minimum absolute atomic E-state index is 1.04. The summed E-state index contributed by atoms with van der Waals surface area (Å²) >= 11 is 1.65. The van der Waals surface area contributed by atoms with Gasteiger partial charge in [0.2, 0.25) is 0 Å². The number of nitrogens with zero attached hydrogens (tertiary/aromatic N) is 2. The van der Waals surface area contributed by atoms with E-state index in [1.807, 2.05) is 17.6 Å². The zero-order valence-corrected chi connectivity index (χ0v) is 8.08. The summed E-state index contributed by atoms with van der Waals surface area (Å²) in [5, 5.41) is 6.87. The van der Waals surface area contributed by atoms with Crippen LogP contribution in [-0.4, -0.2) is 15.2 Å². The Balaban J connectivity index is 2.23. The van der Waals surface area contributed by atoms with E-state index in [9.17, 15) is 0 Å². The van der Waals surface area contributed by atoms with Gasteiger partial charge >= 0.3 is 0 Å². The molecule has 14 heavy (non-hydrogen) atoms. The number of rotatable bonds is 1. The smallest absolute Gasteiger partial charge is 0.0812 e. The van der Waals surface area contributed by atoms with Gasteiger partial charge in [0, 0.05) is 11.8 Å². The number of aromatic nitrogens is 3. The number of aromatic amines is 1. The quantitative estimate of drug-likeness (QED) is 0.657. The first-order valence-electron chi connectivity index (χ1n) is 4.26. The van der Waals surface area contributed by atoms with E-state index in [2.05, 4.69) is 27.3 Å². The summed E-state index contributed by atoms with van der Waals surface area (Å²) in [6.07, 6.45) is 1.76. The van der Waals surface area contributed by atoms with Crippen molar-refractivity contribution in [1.82, 2.24) is 15.2 Å². The highest BCUT2D eigenvalue weighted by Gasteiger charge is 2.01. The molecule has 3 rings (SSSR count). The van der Waals surface area contributed by atoms with Crippen molar-refractivity contribution in [1.29, 1.82) is 0 Å². The average molecular weight is 201 g/mol. The summed E-state index contributed by atoms with van der Waals surface area (Å²) in [6.45, 7) is 0. The number of thiazole rings is 1. The third-order valence-electron chi connectivity index (χ3n) is 2.14. The van der Waals surface area contributed by atoms with Gasteiger partial charge in [-0.15, -0.1) is 11.3 Å². The molecule has 1 N–H and O–H groups in total. The lowest BCUT2D eigenvalue weighted by atomic mass is 10.1. The Bertz CT molecular complexity index is 554. The maximum atomic E-state index is 4.23. The Kier molecular flexibility index (Phi) is 1.61. The summed E-state index contributed by atoms with van der Waals surface area (Å²) in [7, 11) is 0. The van der Waals surface area contributed by atoms with Gasteiger partial charge in [-0.2, -0.15) is 5.10 Å². The minimum Gasteiger partial charge on any atom is -0.278 e. The van der Waals surface area contributed by atoms with E-state index in [0.29, 0.717) is 0 Å². The van der Waals surface area contributed by atoms with Gasteiger partial charge in [0.05, 0.1) is 21.4 Å². The van der Waals surface area contributed by atoms with Crippen molar-refractivity contribution in [2.24, 2.45) is 0 Å². The molecule has 1 aromatic carbocycles. The summed E-state index contributed by atoms with van der Waals surface area (Å²) in [6, 6.07) is 8.17. The molecule has 4 heteroatoms. The molecule has 68 valence electrons. The molecule has 0 saturated heterocycles. The molecular weight excluding hydrogens is 194 g/mol. The first-order chi connectivity index (χ1) is 6.93. The molecule has 0 fully saturated rings. The fourth-order valence-electron chi connectivity index (χ4n) is 1.44. The van der Waals surface area contributed by atoms with Crippen molar-refractivity contribution < 1.29 is 0 Å². The molecular formula is C10H7N3S. The van der Waals surface area contributed by atoms with E-state index >= 15 is 0 Å². The minimum atomic E-state index is 1.04. The zero-order chi connectivity index (χ0) is 9.38. The molecule has 2 heterocycles. The zero-order valence-electron chi connectivity index (χ0n) is 7.27. The fraction of sp³-hybridized carbons (Fsp3) is 0. The van der Waals surface area contributed by atoms with Crippen LogP contribution in [0.1, 0.15) is 0 Å². The maximum absolute atomic E-state index is 4.23. The number of H-pyrrole nitrogens is 1. The van der Waals surface area contributed by atoms with Crippen LogP contribution in [0.25, 0.3) is 21.5 Å². The molecule has 0 saturated carbocycles. The second-order valence-corrected chi connectivity index (χ2v) is 3.89. The van der Waals surface area contributed by atoms with Crippen molar-refractivity contribution in [3.05, 3.63) is 36.0 Å². The predicted octanol–water partition coefficient (Wildman–Crippen LogP) is 2.69. The summed E-state index contributed by atoms with van der Waals surface area (Å²) in [5.41, 5.74) is 5.11. The number of hydrogen-bond donors (Lipinski definition) is 1. The number of fused-ring (bicyclic) bond motifs is 1. The molecule has 0 amide bonds. The highest BCUT2D eigenvalue weighted by atomic mass is 32.1. The normalized spacial score (nSPS) is 10.9. The van der Waals surface area contributed by atoms with Gasteiger partial charge in [-0.05, 0) is 18.2 Å².